The highest BCUT2D eigenvalue weighted by molar-refractivity contribution is 5.89. The summed E-state index contributed by atoms with van der Waals surface area (Å²) in [6.07, 6.45) is 6.54. The predicted molar refractivity (Wildman–Crippen MR) is 133 cm³/mol. The van der Waals surface area contributed by atoms with Gasteiger partial charge in [0.05, 0.1) is 5.52 Å². The molecule has 5 heteroatoms. The first-order valence-corrected chi connectivity index (χ1v) is 11.8. The van der Waals surface area contributed by atoms with E-state index in [4.69, 9.17) is 0 Å². The molecule has 1 saturated carbocycles. The van der Waals surface area contributed by atoms with Crippen LogP contribution in [0.3, 0.4) is 0 Å². The molecule has 0 spiro atoms. The zero-order valence-corrected chi connectivity index (χ0v) is 19.9. The van der Waals surface area contributed by atoms with E-state index in [2.05, 4.69) is 22.2 Å². The van der Waals surface area contributed by atoms with E-state index in [9.17, 15) is 4.39 Å². The highest BCUT2D eigenvalue weighted by atomic mass is 19.1. The molecule has 32 heavy (non-hydrogen) atoms. The van der Waals surface area contributed by atoms with Crippen molar-refractivity contribution in [3.8, 4) is 0 Å². The summed E-state index contributed by atoms with van der Waals surface area (Å²) in [5.41, 5.74) is 2.21. The molecule has 1 aliphatic rings. The molecule has 0 aliphatic heterocycles. The monoisotopic (exact) mass is 436 g/mol. The van der Waals surface area contributed by atoms with Crippen molar-refractivity contribution in [2.24, 2.45) is 11.8 Å². The molecule has 172 valence electrons. The van der Waals surface area contributed by atoms with E-state index in [-0.39, 0.29) is 5.82 Å². The molecule has 0 saturated heterocycles. The highest BCUT2D eigenvalue weighted by Gasteiger charge is 2.17. The summed E-state index contributed by atoms with van der Waals surface area (Å²) in [6, 6.07) is 14.9. The Balaban J connectivity index is 0.000000186. The van der Waals surface area contributed by atoms with Crippen molar-refractivity contribution in [1.29, 1.82) is 0 Å². The summed E-state index contributed by atoms with van der Waals surface area (Å²) in [5, 5.41) is 4.64. The average Bonchev–Trinajstić information content (AvgIpc) is 2.79. The van der Waals surface area contributed by atoms with Crippen molar-refractivity contribution >= 4 is 16.7 Å². The maximum absolute atomic E-state index is 12.7. The number of hydrogen-bond acceptors (Lipinski definition) is 4. The number of hydrogen-bond donors (Lipinski definition) is 1. The molecule has 4 rings (SSSR count). The zero-order chi connectivity index (χ0) is 22.9. The van der Waals surface area contributed by atoms with Crippen LogP contribution in [0.4, 0.5) is 10.2 Å². The Morgan fingerprint density at radius 2 is 1.66 bits per heavy atom. The fraction of sp³-hybridized carbons (Fsp3) is 0.481. The van der Waals surface area contributed by atoms with Gasteiger partial charge < -0.3 is 10.2 Å². The molecule has 0 atom stereocenters. The lowest BCUT2D eigenvalue weighted by Crippen LogP contribution is -2.27. The van der Waals surface area contributed by atoms with Gasteiger partial charge in [-0.25, -0.2) is 14.4 Å². The van der Waals surface area contributed by atoms with Gasteiger partial charge in [0.25, 0.3) is 0 Å². The van der Waals surface area contributed by atoms with E-state index < -0.39 is 0 Å². The van der Waals surface area contributed by atoms with E-state index in [1.54, 1.807) is 0 Å². The quantitative estimate of drug-likeness (QED) is 0.497. The summed E-state index contributed by atoms with van der Waals surface area (Å²) in [4.78, 5) is 10.8. The van der Waals surface area contributed by atoms with E-state index in [1.165, 1.54) is 43.4 Å². The number of benzene rings is 2. The number of anilines is 1. The first-order chi connectivity index (χ1) is 15.4. The molecule has 0 bridgehead atoms. The number of nitrogens with zero attached hydrogens (tertiary/aromatic N) is 3. The van der Waals surface area contributed by atoms with E-state index >= 15 is 0 Å². The number of rotatable bonds is 6. The lowest BCUT2D eigenvalue weighted by atomic mass is 9.83. The fourth-order valence-corrected chi connectivity index (χ4v) is 4.24. The first-order valence-electron chi connectivity index (χ1n) is 11.8. The van der Waals surface area contributed by atoms with Crippen LogP contribution in [0.1, 0.15) is 44.0 Å². The number of aryl methyl sites for hydroxylation is 1. The third-order valence-corrected chi connectivity index (χ3v) is 6.19. The van der Waals surface area contributed by atoms with Gasteiger partial charge in [0.1, 0.15) is 17.5 Å². The van der Waals surface area contributed by atoms with Gasteiger partial charge in [-0.15, -0.1) is 0 Å². The van der Waals surface area contributed by atoms with Crippen molar-refractivity contribution in [2.75, 3.05) is 32.1 Å². The molecular formula is C27H37FN4. The molecule has 0 unspecified atom stereocenters. The molecule has 1 aliphatic carbocycles. The second kappa shape index (κ2) is 11.9. The molecule has 1 aromatic heterocycles. The number of nitrogens with one attached hydrogen (secondary N) is 1. The van der Waals surface area contributed by atoms with Crippen molar-refractivity contribution in [3.63, 3.8) is 0 Å². The van der Waals surface area contributed by atoms with Gasteiger partial charge in [-0.05, 0) is 80.9 Å². The third kappa shape index (κ3) is 7.27. The maximum Gasteiger partial charge on any atom is 0.139 e. The van der Waals surface area contributed by atoms with E-state index in [0.717, 1.165) is 53.9 Å². The van der Waals surface area contributed by atoms with Gasteiger partial charge in [-0.1, -0.05) is 44.0 Å². The van der Waals surface area contributed by atoms with Crippen molar-refractivity contribution in [3.05, 3.63) is 65.7 Å². The normalized spacial score (nSPS) is 18.2. The SMILES string of the molecule is CC1CCC(CNCCc2ccc(F)cc2)CC1.Cc1nc(N(C)C)c2ccccc2n1. The predicted octanol–water partition coefficient (Wildman–Crippen LogP) is 5.79. The fourth-order valence-electron chi connectivity index (χ4n) is 4.24. The van der Waals surface area contributed by atoms with Gasteiger partial charge in [-0.3, -0.25) is 0 Å². The Hall–Kier alpha value is -2.53. The van der Waals surface area contributed by atoms with Gasteiger partial charge in [-0.2, -0.15) is 0 Å². The Morgan fingerprint density at radius 3 is 2.34 bits per heavy atom. The second-order valence-electron chi connectivity index (χ2n) is 9.21. The molecule has 1 fully saturated rings. The number of fused-ring (bicyclic) bond motifs is 1. The molecule has 3 aromatic rings. The topological polar surface area (TPSA) is 41.1 Å². The average molecular weight is 437 g/mol. The van der Waals surface area contributed by atoms with E-state index in [1.807, 2.05) is 62.3 Å². The van der Waals surface area contributed by atoms with Crippen molar-refractivity contribution in [1.82, 2.24) is 15.3 Å². The highest BCUT2D eigenvalue weighted by Crippen LogP contribution is 2.27. The third-order valence-electron chi connectivity index (χ3n) is 6.19. The number of halogens is 1. The van der Waals surface area contributed by atoms with Crippen LogP contribution in [0.15, 0.2) is 48.5 Å². The van der Waals surface area contributed by atoms with Gasteiger partial charge in [0.15, 0.2) is 0 Å². The Morgan fingerprint density at radius 1 is 0.969 bits per heavy atom. The summed E-state index contributed by atoms with van der Waals surface area (Å²) in [6.45, 7) is 6.42. The van der Waals surface area contributed by atoms with Gasteiger partial charge in [0, 0.05) is 19.5 Å². The van der Waals surface area contributed by atoms with Crippen LogP contribution in [0, 0.1) is 24.6 Å². The minimum Gasteiger partial charge on any atom is -0.362 e. The van der Waals surface area contributed by atoms with Gasteiger partial charge in [0.2, 0.25) is 0 Å². The molecule has 0 radical (unpaired) electrons. The lowest BCUT2D eigenvalue weighted by molar-refractivity contribution is 0.282. The Kier molecular flexibility index (Phi) is 8.98. The molecular weight excluding hydrogens is 399 g/mol. The molecule has 2 aromatic carbocycles. The molecule has 1 heterocycles. The molecule has 1 N–H and O–H groups in total. The smallest absolute Gasteiger partial charge is 0.139 e. The second-order valence-corrected chi connectivity index (χ2v) is 9.21. The van der Waals surface area contributed by atoms with Crippen LogP contribution in [0.25, 0.3) is 10.9 Å². The van der Waals surface area contributed by atoms with E-state index in [0.29, 0.717) is 0 Å². The van der Waals surface area contributed by atoms with Crippen LogP contribution < -0.4 is 10.2 Å². The largest absolute Gasteiger partial charge is 0.362 e. The maximum atomic E-state index is 12.7. The van der Waals surface area contributed by atoms with Crippen molar-refractivity contribution < 1.29 is 4.39 Å². The summed E-state index contributed by atoms with van der Waals surface area (Å²) in [7, 11) is 3.99. The summed E-state index contributed by atoms with van der Waals surface area (Å²) in [5.74, 6) is 3.44. The summed E-state index contributed by atoms with van der Waals surface area (Å²) >= 11 is 0. The molecule has 4 nitrogen and oxygen atoms in total. The molecule has 0 amide bonds. The van der Waals surface area contributed by atoms with Crippen LogP contribution in [0.2, 0.25) is 0 Å². The van der Waals surface area contributed by atoms with Crippen molar-refractivity contribution in [2.45, 2.75) is 46.0 Å². The zero-order valence-electron chi connectivity index (χ0n) is 19.9. The first kappa shape index (κ1) is 24.1. The lowest BCUT2D eigenvalue weighted by Gasteiger charge is -2.26. The summed E-state index contributed by atoms with van der Waals surface area (Å²) < 4.78 is 12.7. The minimum absolute atomic E-state index is 0.150. The van der Waals surface area contributed by atoms with Crippen LogP contribution >= 0.6 is 0 Å². The number of aromatic nitrogens is 2. The van der Waals surface area contributed by atoms with Gasteiger partial charge >= 0.3 is 0 Å². The van der Waals surface area contributed by atoms with Crippen LogP contribution in [-0.2, 0) is 6.42 Å². The Labute approximate surface area is 192 Å². The Bertz CT molecular complexity index is 963. The standard InChI is InChI=1S/C16H24FN.C11H13N3/c1-13-2-4-15(5-3-13)12-18-11-10-14-6-8-16(17)9-7-14;1-8-12-10-7-5-4-6-9(10)11(13-8)14(2)3/h6-9,13,15,18H,2-5,10-12H2,1H3;4-7H,1-3H3. The number of para-hydroxylation sites is 1. The van der Waals surface area contributed by atoms with Crippen LogP contribution in [-0.4, -0.2) is 37.2 Å². The minimum atomic E-state index is -0.150. The van der Waals surface area contributed by atoms with Crippen LogP contribution in [0.5, 0.6) is 0 Å².